The Morgan fingerprint density at radius 3 is 2.80 bits per heavy atom. The van der Waals surface area contributed by atoms with Crippen LogP contribution in [0, 0.1) is 18.7 Å². The molecule has 1 unspecified atom stereocenters. The maximum Gasteiger partial charge on any atom is 0.126 e. The van der Waals surface area contributed by atoms with Crippen LogP contribution in [0.15, 0.2) is 18.2 Å². The zero-order chi connectivity index (χ0) is 11.3. The van der Waals surface area contributed by atoms with Crippen molar-refractivity contribution < 1.29 is 9.13 Å². The van der Waals surface area contributed by atoms with E-state index in [2.05, 4.69) is 22.9 Å². The molecular formula is C12H16BrFO. The minimum atomic E-state index is -0.248. The third-order valence-electron chi connectivity index (χ3n) is 2.42. The summed E-state index contributed by atoms with van der Waals surface area (Å²) in [5, 5.41) is 0.915. The van der Waals surface area contributed by atoms with E-state index in [0.29, 0.717) is 18.3 Å². The van der Waals surface area contributed by atoms with Crippen LogP contribution in [0.5, 0.6) is 5.75 Å². The van der Waals surface area contributed by atoms with Crippen molar-refractivity contribution in [3.63, 3.8) is 0 Å². The van der Waals surface area contributed by atoms with Crippen molar-refractivity contribution in [2.24, 2.45) is 5.92 Å². The van der Waals surface area contributed by atoms with E-state index in [1.807, 2.05) is 6.92 Å². The summed E-state index contributed by atoms with van der Waals surface area (Å²) < 4.78 is 18.5. The van der Waals surface area contributed by atoms with E-state index in [-0.39, 0.29) is 5.82 Å². The maximum atomic E-state index is 12.9. The fourth-order valence-corrected chi connectivity index (χ4v) is 1.85. The second kappa shape index (κ2) is 6.11. The van der Waals surface area contributed by atoms with Crippen LogP contribution in [-0.4, -0.2) is 11.9 Å². The fraction of sp³-hybridized carbons (Fsp3) is 0.500. The molecule has 15 heavy (non-hydrogen) atoms. The summed E-state index contributed by atoms with van der Waals surface area (Å²) in [6, 6.07) is 4.63. The van der Waals surface area contributed by atoms with E-state index in [9.17, 15) is 4.39 Å². The number of benzene rings is 1. The fourth-order valence-electron chi connectivity index (χ4n) is 1.21. The van der Waals surface area contributed by atoms with Crippen molar-refractivity contribution in [2.75, 3.05) is 11.9 Å². The molecule has 0 bridgehead atoms. The lowest BCUT2D eigenvalue weighted by Gasteiger charge is -2.14. The minimum Gasteiger partial charge on any atom is -0.493 e. The molecule has 0 saturated carbocycles. The largest absolute Gasteiger partial charge is 0.493 e. The smallest absolute Gasteiger partial charge is 0.126 e. The molecular weight excluding hydrogens is 259 g/mol. The van der Waals surface area contributed by atoms with Gasteiger partial charge in [-0.2, -0.15) is 0 Å². The zero-order valence-electron chi connectivity index (χ0n) is 9.09. The Morgan fingerprint density at radius 2 is 2.20 bits per heavy atom. The summed E-state index contributed by atoms with van der Waals surface area (Å²) in [7, 11) is 0. The normalized spacial score (nSPS) is 12.5. The first kappa shape index (κ1) is 12.5. The maximum absolute atomic E-state index is 12.9. The molecule has 0 aliphatic carbocycles. The number of rotatable bonds is 5. The number of hydrogen-bond donors (Lipinski definition) is 0. The highest BCUT2D eigenvalue weighted by atomic mass is 79.9. The van der Waals surface area contributed by atoms with Crippen molar-refractivity contribution in [3.8, 4) is 5.75 Å². The first-order valence-corrected chi connectivity index (χ1v) is 6.24. The van der Waals surface area contributed by atoms with Crippen molar-refractivity contribution in [1.29, 1.82) is 0 Å². The monoisotopic (exact) mass is 274 g/mol. The summed E-state index contributed by atoms with van der Waals surface area (Å²) >= 11 is 3.43. The van der Waals surface area contributed by atoms with E-state index in [1.54, 1.807) is 6.07 Å². The number of ether oxygens (including phenoxy) is 1. The van der Waals surface area contributed by atoms with Crippen LogP contribution in [0.4, 0.5) is 4.39 Å². The van der Waals surface area contributed by atoms with Gasteiger partial charge in [-0.1, -0.05) is 28.9 Å². The second-order valence-corrected chi connectivity index (χ2v) is 4.30. The van der Waals surface area contributed by atoms with Gasteiger partial charge in [0, 0.05) is 17.3 Å². The first-order valence-electron chi connectivity index (χ1n) is 5.12. The van der Waals surface area contributed by atoms with Crippen LogP contribution in [0.2, 0.25) is 0 Å². The summed E-state index contributed by atoms with van der Waals surface area (Å²) in [6.45, 7) is 4.67. The molecule has 84 valence electrons. The lowest BCUT2D eigenvalue weighted by molar-refractivity contribution is 0.257. The molecule has 1 rings (SSSR count). The molecule has 3 heteroatoms. The topological polar surface area (TPSA) is 9.23 Å². The van der Waals surface area contributed by atoms with Crippen LogP contribution < -0.4 is 4.74 Å². The lowest BCUT2D eigenvalue weighted by Crippen LogP contribution is -2.12. The van der Waals surface area contributed by atoms with E-state index < -0.39 is 0 Å². The van der Waals surface area contributed by atoms with Gasteiger partial charge in [-0.25, -0.2) is 4.39 Å². The van der Waals surface area contributed by atoms with Gasteiger partial charge in [0.15, 0.2) is 0 Å². The highest BCUT2D eigenvalue weighted by molar-refractivity contribution is 9.09. The third-order valence-corrected chi connectivity index (χ3v) is 3.34. The van der Waals surface area contributed by atoms with Crippen molar-refractivity contribution in [1.82, 2.24) is 0 Å². The van der Waals surface area contributed by atoms with Gasteiger partial charge in [-0.3, -0.25) is 0 Å². The average molecular weight is 275 g/mol. The standard InChI is InChI=1S/C12H16BrFO/c1-3-10(7-13)8-15-12-6-11(14)5-4-9(12)2/h4-6,10H,3,7-8H2,1-2H3. The third kappa shape index (κ3) is 3.82. The molecule has 0 fully saturated rings. The Hall–Kier alpha value is -0.570. The Bertz CT molecular complexity index is 310. The molecule has 0 aliphatic rings. The van der Waals surface area contributed by atoms with Gasteiger partial charge in [0.1, 0.15) is 11.6 Å². The van der Waals surface area contributed by atoms with Crippen LogP contribution >= 0.6 is 15.9 Å². The van der Waals surface area contributed by atoms with Gasteiger partial charge < -0.3 is 4.74 Å². The molecule has 0 aliphatic heterocycles. The number of aryl methyl sites for hydroxylation is 1. The van der Waals surface area contributed by atoms with Crippen molar-refractivity contribution in [3.05, 3.63) is 29.6 Å². The van der Waals surface area contributed by atoms with E-state index in [4.69, 9.17) is 4.74 Å². The molecule has 0 heterocycles. The van der Waals surface area contributed by atoms with Crippen molar-refractivity contribution >= 4 is 15.9 Å². The highest BCUT2D eigenvalue weighted by Gasteiger charge is 2.07. The molecule has 0 saturated heterocycles. The number of alkyl halides is 1. The predicted molar refractivity (Wildman–Crippen MR) is 64.2 cm³/mol. The Balaban J connectivity index is 2.60. The van der Waals surface area contributed by atoms with Gasteiger partial charge in [0.05, 0.1) is 6.61 Å². The Morgan fingerprint density at radius 1 is 1.47 bits per heavy atom. The summed E-state index contributed by atoms with van der Waals surface area (Å²) in [6.07, 6.45) is 1.06. The summed E-state index contributed by atoms with van der Waals surface area (Å²) in [5.74, 6) is 0.879. The summed E-state index contributed by atoms with van der Waals surface area (Å²) in [5.41, 5.74) is 0.973. The number of hydrogen-bond acceptors (Lipinski definition) is 1. The molecule has 0 radical (unpaired) electrons. The lowest BCUT2D eigenvalue weighted by atomic mass is 10.1. The average Bonchev–Trinajstić information content (AvgIpc) is 2.24. The molecule has 1 atom stereocenters. The highest BCUT2D eigenvalue weighted by Crippen LogP contribution is 2.20. The van der Waals surface area contributed by atoms with E-state index in [0.717, 1.165) is 17.3 Å². The quantitative estimate of drug-likeness (QED) is 0.740. The van der Waals surface area contributed by atoms with Gasteiger partial charge in [0.2, 0.25) is 0 Å². The van der Waals surface area contributed by atoms with E-state index in [1.165, 1.54) is 12.1 Å². The van der Waals surface area contributed by atoms with Crippen LogP contribution in [-0.2, 0) is 0 Å². The predicted octanol–water partition coefficient (Wildman–Crippen LogP) is 3.93. The van der Waals surface area contributed by atoms with E-state index >= 15 is 0 Å². The van der Waals surface area contributed by atoms with Gasteiger partial charge in [0.25, 0.3) is 0 Å². The second-order valence-electron chi connectivity index (χ2n) is 3.65. The Labute approximate surface area is 98.8 Å². The molecule has 0 amide bonds. The van der Waals surface area contributed by atoms with Gasteiger partial charge >= 0.3 is 0 Å². The van der Waals surface area contributed by atoms with Crippen LogP contribution in [0.25, 0.3) is 0 Å². The Kier molecular flexibility index (Phi) is 5.09. The van der Waals surface area contributed by atoms with Gasteiger partial charge in [-0.05, 0) is 25.0 Å². The first-order chi connectivity index (χ1) is 7.17. The van der Waals surface area contributed by atoms with Gasteiger partial charge in [-0.15, -0.1) is 0 Å². The molecule has 1 nitrogen and oxygen atoms in total. The molecule has 0 N–H and O–H groups in total. The van der Waals surface area contributed by atoms with Crippen LogP contribution in [0.3, 0.4) is 0 Å². The SMILES string of the molecule is CCC(CBr)COc1cc(F)ccc1C. The minimum absolute atomic E-state index is 0.248. The van der Waals surface area contributed by atoms with Crippen LogP contribution in [0.1, 0.15) is 18.9 Å². The molecule has 1 aromatic carbocycles. The molecule has 0 spiro atoms. The molecule has 1 aromatic rings. The number of halogens is 2. The van der Waals surface area contributed by atoms with Crippen molar-refractivity contribution in [2.45, 2.75) is 20.3 Å². The summed E-state index contributed by atoms with van der Waals surface area (Å²) in [4.78, 5) is 0. The zero-order valence-corrected chi connectivity index (χ0v) is 10.7. The molecule has 0 aromatic heterocycles.